The summed E-state index contributed by atoms with van der Waals surface area (Å²) < 4.78 is 5.36. The van der Waals surface area contributed by atoms with E-state index in [1.807, 2.05) is 6.07 Å². The number of rotatable bonds is 4. The van der Waals surface area contributed by atoms with E-state index in [2.05, 4.69) is 45.1 Å². The zero-order chi connectivity index (χ0) is 11.3. The molecule has 0 bridgehead atoms. The summed E-state index contributed by atoms with van der Waals surface area (Å²) in [5.74, 6) is 1.56. The first-order valence-corrected chi connectivity index (χ1v) is 5.43. The van der Waals surface area contributed by atoms with Crippen LogP contribution in [0, 0.1) is 12.8 Å². The SMILES string of the molecule is C/C=C\C(C)Cc1cc(C)ccc1OC. The van der Waals surface area contributed by atoms with Gasteiger partial charge in [0.1, 0.15) is 5.75 Å². The Labute approximate surface area is 92.8 Å². The van der Waals surface area contributed by atoms with Crippen molar-refractivity contribution in [3.63, 3.8) is 0 Å². The molecular weight excluding hydrogens is 184 g/mol. The Morgan fingerprint density at radius 2 is 2.13 bits per heavy atom. The van der Waals surface area contributed by atoms with Crippen molar-refractivity contribution in [2.75, 3.05) is 7.11 Å². The van der Waals surface area contributed by atoms with E-state index in [0.29, 0.717) is 5.92 Å². The molecule has 0 N–H and O–H groups in total. The van der Waals surface area contributed by atoms with Crippen LogP contribution in [-0.4, -0.2) is 7.11 Å². The quantitative estimate of drug-likeness (QED) is 0.678. The van der Waals surface area contributed by atoms with E-state index in [1.165, 1.54) is 11.1 Å². The maximum absolute atomic E-state index is 5.36. The maximum Gasteiger partial charge on any atom is 0.122 e. The molecule has 0 aliphatic rings. The van der Waals surface area contributed by atoms with Crippen molar-refractivity contribution in [1.29, 1.82) is 0 Å². The van der Waals surface area contributed by atoms with E-state index in [1.54, 1.807) is 7.11 Å². The van der Waals surface area contributed by atoms with Gasteiger partial charge in [0, 0.05) is 0 Å². The van der Waals surface area contributed by atoms with Gasteiger partial charge in [-0.3, -0.25) is 0 Å². The highest BCUT2D eigenvalue weighted by molar-refractivity contribution is 5.37. The third kappa shape index (κ3) is 3.43. The van der Waals surface area contributed by atoms with Crippen LogP contribution in [0.15, 0.2) is 30.4 Å². The van der Waals surface area contributed by atoms with Crippen molar-refractivity contribution in [2.45, 2.75) is 27.2 Å². The van der Waals surface area contributed by atoms with Crippen molar-refractivity contribution in [2.24, 2.45) is 5.92 Å². The molecule has 1 atom stereocenters. The van der Waals surface area contributed by atoms with Crippen LogP contribution in [0.1, 0.15) is 25.0 Å². The summed E-state index contributed by atoms with van der Waals surface area (Å²) in [5.41, 5.74) is 2.58. The fraction of sp³-hybridized carbons (Fsp3) is 0.429. The molecule has 0 fully saturated rings. The van der Waals surface area contributed by atoms with Crippen LogP contribution in [0.25, 0.3) is 0 Å². The second-order valence-corrected chi connectivity index (χ2v) is 4.02. The lowest BCUT2D eigenvalue weighted by Crippen LogP contribution is -1.99. The Balaban J connectivity index is 2.86. The summed E-state index contributed by atoms with van der Waals surface area (Å²) in [7, 11) is 1.73. The van der Waals surface area contributed by atoms with Gasteiger partial charge < -0.3 is 4.74 Å². The van der Waals surface area contributed by atoms with Crippen molar-refractivity contribution in [3.05, 3.63) is 41.5 Å². The zero-order valence-corrected chi connectivity index (χ0v) is 10.1. The number of ether oxygens (including phenoxy) is 1. The van der Waals surface area contributed by atoms with Crippen molar-refractivity contribution >= 4 is 0 Å². The predicted molar refractivity (Wildman–Crippen MR) is 65.4 cm³/mol. The number of methoxy groups -OCH3 is 1. The van der Waals surface area contributed by atoms with E-state index in [0.717, 1.165) is 12.2 Å². The van der Waals surface area contributed by atoms with Crippen LogP contribution in [0.5, 0.6) is 5.75 Å². The topological polar surface area (TPSA) is 9.23 Å². The van der Waals surface area contributed by atoms with Crippen LogP contribution in [0.3, 0.4) is 0 Å². The lowest BCUT2D eigenvalue weighted by atomic mass is 9.98. The third-order valence-corrected chi connectivity index (χ3v) is 2.50. The van der Waals surface area contributed by atoms with Gasteiger partial charge in [0.2, 0.25) is 0 Å². The lowest BCUT2D eigenvalue weighted by molar-refractivity contribution is 0.407. The molecule has 0 saturated carbocycles. The molecule has 0 radical (unpaired) electrons. The molecule has 1 rings (SSSR count). The summed E-state index contributed by atoms with van der Waals surface area (Å²) in [4.78, 5) is 0. The molecule has 0 heterocycles. The summed E-state index contributed by atoms with van der Waals surface area (Å²) in [6.45, 7) is 6.40. The molecule has 1 heteroatoms. The van der Waals surface area contributed by atoms with Gasteiger partial charge in [-0.05, 0) is 37.8 Å². The summed E-state index contributed by atoms with van der Waals surface area (Å²) in [5, 5.41) is 0. The Hall–Kier alpha value is -1.24. The van der Waals surface area contributed by atoms with E-state index in [4.69, 9.17) is 4.74 Å². The molecule has 0 aliphatic heterocycles. The molecule has 0 spiro atoms. The van der Waals surface area contributed by atoms with E-state index in [-0.39, 0.29) is 0 Å². The first kappa shape index (κ1) is 11.8. The first-order valence-electron chi connectivity index (χ1n) is 5.43. The van der Waals surface area contributed by atoms with Gasteiger partial charge in [0.15, 0.2) is 0 Å². The Bertz CT molecular complexity index is 339. The van der Waals surface area contributed by atoms with Gasteiger partial charge in [-0.2, -0.15) is 0 Å². The average molecular weight is 204 g/mol. The smallest absolute Gasteiger partial charge is 0.122 e. The highest BCUT2D eigenvalue weighted by Crippen LogP contribution is 2.23. The van der Waals surface area contributed by atoms with Crippen LogP contribution < -0.4 is 4.74 Å². The number of hydrogen-bond acceptors (Lipinski definition) is 1. The molecule has 1 nitrogen and oxygen atoms in total. The second-order valence-electron chi connectivity index (χ2n) is 4.02. The molecule has 0 amide bonds. The first-order chi connectivity index (χ1) is 7.17. The fourth-order valence-corrected chi connectivity index (χ4v) is 1.81. The number of aryl methyl sites for hydroxylation is 1. The largest absolute Gasteiger partial charge is 0.496 e. The van der Waals surface area contributed by atoms with Gasteiger partial charge in [0.05, 0.1) is 7.11 Å². The summed E-state index contributed by atoms with van der Waals surface area (Å²) in [6.07, 6.45) is 5.36. The van der Waals surface area contributed by atoms with Crippen molar-refractivity contribution in [3.8, 4) is 5.75 Å². The monoisotopic (exact) mass is 204 g/mol. The predicted octanol–water partition coefficient (Wildman–Crippen LogP) is 3.76. The standard InChI is InChI=1S/C14H20O/c1-5-6-11(2)9-13-10-12(3)7-8-14(13)15-4/h5-8,10-11H,9H2,1-4H3/b6-5-. The number of benzene rings is 1. The molecule has 15 heavy (non-hydrogen) atoms. The van der Waals surface area contributed by atoms with Gasteiger partial charge >= 0.3 is 0 Å². The lowest BCUT2D eigenvalue weighted by Gasteiger charge is -2.11. The second kappa shape index (κ2) is 5.59. The minimum Gasteiger partial charge on any atom is -0.496 e. The van der Waals surface area contributed by atoms with Crippen LogP contribution in [-0.2, 0) is 6.42 Å². The van der Waals surface area contributed by atoms with Crippen LogP contribution in [0.2, 0.25) is 0 Å². The highest BCUT2D eigenvalue weighted by atomic mass is 16.5. The molecule has 82 valence electrons. The van der Waals surface area contributed by atoms with Gasteiger partial charge in [-0.1, -0.05) is 36.8 Å². The Morgan fingerprint density at radius 1 is 1.40 bits per heavy atom. The number of hydrogen-bond donors (Lipinski definition) is 0. The summed E-state index contributed by atoms with van der Waals surface area (Å²) >= 11 is 0. The van der Waals surface area contributed by atoms with Crippen molar-refractivity contribution in [1.82, 2.24) is 0 Å². The van der Waals surface area contributed by atoms with E-state index < -0.39 is 0 Å². The minimum absolute atomic E-state index is 0.561. The Morgan fingerprint density at radius 3 is 2.73 bits per heavy atom. The van der Waals surface area contributed by atoms with E-state index in [9.17, 15) is 0 Å². The molecule has 1 unspecified atom stereocenters. The van der Waals surface area contributed by atoms with Gasteiger partial charge in [-0.15, -0.1) is 0 Å². The molecule has 0 aliphatic carbocycles. The molecule has 0 saturated heterocycles. The average Bonchev–Trinajstić information content (AvgIpc) is 2.18. The van der Waals surface area contributed by atoms with Crippen LogP contribution in [0.4, 0.5) is 0 Å². The molecule has 1 aromatic rings. The maximum atomic E-state index is 5.36. The Kier molecular flexibility index (Phi) is 4.41. The normalized spacial score (nSPS) is 13.1. The highest BCUT2D eigenvalue weighted by Gasteiger charge is 2.06. The number of allylic oxidation sites excluding steroid dienone is 2. The summed E-state index contributed by atoms with van der Waals surface area (Å²) in [6, 6.07) is 6.34. The fourth-order valence-electron chi connectivity index (χ4n) is 1.81. The molecule has 1 aromatic carbocycles. The molecule has 0 aromatic heterocycles. The molecular formula is C14H20O. The van der Waals surface area contributed by atoms with Gasteiger partial charge in [0.25, 0.3) is 0 Å². The zero-order valence-electron chi connectivity index (χ0n) is 10.1. The minimum atomic E-state index is 0.561. The van der Waals surface area contributed by atoms with Crippen molar-refractivity contribution < 1.29 is 4.74 Å². The van der Waals surface area contributed by atoms with Gasteiger partial charge in [-0.25, -0.2) is 0 Å². The van der Waals surface area contributed by atoms with E-state index >= 15 is 0 Å². The third-order valence-electron chi connectivity index (χ3n) is 2.50. The van der Waals surface area contributed by atoms with Crippen LogP contribution >= 0.6 is 0 Å².